The van der Waals surface area contributed by atoms with Crippen molar-refractivity contribution in [1.82, 2.24) is 24.6 Å². The molecule has 0 bridgehead atoms. The fourth-order valence-electron chi connectivity index (χ4n) is 4.35. The van der Waals surface area contributed by atoms with Crippen LogP contribution in [0.3, 0.4) is 0 Å². The number of aromatic nitrogens is 5. The van der Waals surface area contributed by atoms with Crippen molar-refractivity contribution in [3.63, 3.8) is 0 Å². The number of benzene rings is 2. The number of aryl methyl sites for hydroxylation is 1. The SMILES string of the molecule is Cc1ccn2nc([C@H](C)Nc3ncnc(N)c3C#N)nc(-c3cc(C#N)cc(OCc4ccc(S(C)(=O)=O)cc4)c3)c12. The smallest absolute Gasteiger partial charge is 0.175 e. The average Bonchev–Trinajstić information content (AvgIpc) is 3.35. The first kappa shape index (κ1) is 28.0. The van der Waals surface area contributed by atoms with Crippen molar-refractivity contribution < 1.29 is 13.2 Å². The molecular weight excluding hydrogens is 554 g/mol. The van der Waals surface area contributed by atoms with E-state index >= 15 is 0 Å². The van der Waals surface area contributed by atoms with Crippen LogP contribution in [0, 0.1) is 29.6 Å². The molecule has 3 N–H and O–H groups in total. The molecule has 0 fully saturated rings. The van der Waals surface area contributed by atoms with E-state index in [2.05, 4.69) is 26.5 Å². The molecule has 0 radical (unpaired) electrons. The van der Waals surface area contributed by atoms with Crippen LogP contribution in [-0.2, 0) is 16.4 Å². The molecule has 1 atom stereocenters. The highest BCUT2D eigenvalue weighted by molar-refractivity contribution is 7.90. The lowest BCUT2D eigenvalue weighted by molar-refractivity contribution is 0.306. The number of hydrogen-bond acceptors (Lipinski definition) is 11. The number of nitriles is 2. The van der Waals surface area contributed by atoms with Gasteiger partial charge in [-0.05, 0) is 61.4 Å². The third-order valence-corrected chi connectivity index (χ3v) is 7.65. The van der Waals surface area contributed by atoms with Crippen LogP contribution in [0.15, 0.2) is 66.0 Å². The molecule has 0 aliphatic carbocycles. The zero-order valence-electron chi connectivity index (χ0n) is 22.9. The number of anilines is 2. The van der Waals surface area contributed by atoms with Crippen molar-refractivity contribution >= 4 is 27.0 Å². The summed E-state index contributed by atoms with van der Waals surface area (Å²) in [5.74, 6) is 1.18. The van der Waals surface area contributed by atoms with Gasteiger partial charge in [0.1, 0.15) is 42.0 Å². The molecule has 3 heterocycles. The molecule has 0 unspecified atom stereocenters. The molecule has 0 aliphatic rings. The van der Waals surface area contributed by atoms with Gasteiger partial charge in [-0.15, -0.1) is 0 Å². The summed E-state index contributed by atoms with van der Waals surface area (Å²) in [6, 6.07) is 17.2. The van der Waals surface area contributed by atoms with E-state index in [4.69, 9.17) is 15.5 Å². The van der Waals surface area contributed by atoms with Crippen molar-refractivity contribution in [2.45, 2.75) is 31.4 Å². The summed E-state index contributed by atoms with van der Waals surface area (Å²) in [4.78, 5) is 13.1. The van der Waals surface area contributed by atoms with Gasteiger partial charge in [0.15, 0.2) is 15.7 Å². The Morgan fingerprint density at radius 3 is 2.55 bits per heavy atom. The summed E-state index contributed by atoms with van der Waals surface area (Å²) in [5, 5.41) is 27.1. The molecule has 5 rings (SSSR count). The molecule has 3 aromatic heterocycles. The maximum absolute atomic E-state index is 11.8. The molecule has 12 nitrogen and oxygen atoms in total. The molecule has 0 saturated carbocycles. The zero-order chi connectivity index (χ0) is 30.0. The average molecular weight is 580 g/mol. The van der Waals surface area contributed by atoms with Crippen molar-refractivity contribution in [1.29, 1.82) is 10.5 Å². The van der Waals surface area contributed by atoms with Gasteiger partial charge < -0.3 is 15.8 Å². The number of nitrogens with two attached hydrogens (primary N) is 1. The van der Waals surface area contributed by atoms with Crippen LogP contribution in [0.5, 0.6) is 5.75 Å². The van der Waals surface area contributed by atoms with Gasteiger partial charge in [0.05, 0.1) is 33.8 Å². The lowest BCUT2D eigenvalue weighted by atomic mass is 10.1. The zero-order valence-corrected chi connectivity index (χ0v) is 23.7. The third kappa shape index (κ3) is 5.68. The Kier molecular flexibility index (Phi) is 7.44. The molecule has 0 spiro atoms. The monoisotopic (exact) mass is 579 g/mol. The van der Waals surface area contributed by atoms with Crippen molar-refractivity contribution in [2.75, 3.05) is 17.3 Å². The molecule has 0 amide bonds. The number of nitrogens with zero attached hydrogens (tertiary/aromatic N) is 7. The Labute approximate surface area is 242 Å². The van der Waals surface area contributed by atoms with Gasteiger partial charge in [-0.3, -0.25) is 0 Å². The minimum absolute atomic E-state index is 0.0625. The molecular formula is C29H25N9O3S. The van der Waals surface area contributed by atoms with Crippen LogP contribution in [0.4, 0.5) is 11.6 Å². The summed E-state index contributed by atoms with van der Waals surface area (Å²) < 4.78 is 31.3. The molecule has 42 heavy (non-hydrogen) atoms. The second-order valence-electron chi connectivity index (χ2n) is 9.63. The van der Waals surface area contributed by atoms with Crippen LogP contribution < -0.4 is 15.8 Å². The van der Waals surface area contributed by atoms with Crippen LogP contribution in [0.2, 0.25) is 0 Å². The highest BCUT2D eigenvalue weighted by Gasteiger charge is 2.20. The fraction of sp³-hybridized carbons (Fsp3) is 0.172. The number of fused-ring (bicyclic) bond motifs is 1. The van der Waals surface area contributed by atoms with Gasteiger partial charge in [0.25, 0.3) is 0 Å². The van der Waals surface area contributed by atoms with Crippen LogP contribution in [0.25, 0.3) is 16.8 Å². The highest BCUT2D eigenvalue weighted by Crippen LogP contribution is 2.31. The van der Waals surface area contributed by atoms with E-state index in [1.54, 1.807) is 34.8 Å². The van der Waals surface area contributed by atoms with Crippen LogP contribution >= 0.6 is 0 Å². The van der Waals surface area contributed by atoms with Gasteiger partial charge in [-0.25, -0.2) is 27.9 Å². The van der Waals surface area contributed by atoms with E-state index in [0.29, 0.717) is 28.4 Å². The van der Waals surface area contributed by atoms with Gasteiger partial charge in [-0.2, -0.15) is 15.6 Å². The molecule has 0 saturated heterocycles. The van der Waals surface area contributed by atoms with E-state index < -0.39 is 15.9 Å². The first-order valence-electron chi connectivity index (χ1n) is 12.7. The first-order chi connectivity index (χ1) is 20.1. The van der Waals surface area contributed by atoms with Gasteiger partial charge in [0, 0.05) is 18.0 Å². The Hall–Kier alpha value is -5.53. The lowest BCUT2D eigenvalue weighted by Crippen LogP contribution is -2.16. The van der Waals surface area contributed by atoms with Crippen molar-refractivity contribution in [3.8, 4) is 29.1 Å². The van der Waals surface area contributed by atoms with Crippen molar-refractivity contribution in [2.24, 2.45) is 0 Å². The predicted molar refractivity (Wildman–Crippen MR) is 155 cm³/mol. The summed E-state index contributed by atoms with van der Waals surface area (Å²) in [7, 11) is -3.30. The lowest BCUT2D eigenvalue weighted by Gasteiger charge is -2.17. The molecule has 0 aliphatic heterocycles. The van der Waals surface area contributed by atoms with Gasteiger partial charge in [-0.1, -0.05) is 12.1 Å². The Morgan fingerprint density at radius 2 is 1.86 bits per heavy atom. The van der Waals surface area contributed by atoms with Crippen molar-refractivity contribution in [3.05, 3.63) is 89.1 Å². The minimum Gasteiger partial charge on any atom is -0.489 e. The summed E-state index contributed by atoms with van der Waals surface area (Å²) in [6.45, 7) is 3.94. The minimum atomic E-state index is -3.30. The highest BCUT2D eigenvalue weighted by atomic mass is 32.2. The first-order valence-corrected chi connectivity index (χ1v) is 14.6. The summed E-state index contributed by atoms with van der Waals surface area (Å²) in [5.41, 5.74) is 10.0. The van der Waals surface area contributed by atoms with E-state index in [1.807, 2.05) is 32.2 Å². The van der Waals surface area contributed by atoms with Crippen LogP contribution in [-0.4, -0.2) is 39.2 Å². The molecule has 210 valence electrons. The molecule has 13 heteroatoms. The second kappa shape index (κ2) is 11.2. The maximum atomic E-state index is 11.8. The number of rotatable bonds is 8. The quantitative estimate of drug-likeness (QED) is 0.271. The predicted octanol–water partition coefficient (Wildman–Crippen LogP) is 3.98. The Bertz CT molecular complexity index is 2010. The number of nitrogens with one attached hydrogen (secondary N) is 1. The van der Waals surface area contributed by atoms with E-state index in [0.717, 1.165) is 22.9 Å². The van der Waals surface area contributed by atoms with E-state index in [9.17, 15) is 18.9 Å². The Balaban J connectivity index is 1.51. The number of sulfone groups is 1. The Morgan fingerprint density at radius 1 is 1.10 bits per heavy atom. The van der Waals surface area contributed by atoms with Crippen LogP contribution in [0.1, 0.15) is 41.0 Å². The molecule has 5 aromatic rings. The maximum Gasteiger partial charge on any atom is 0.175 e. The van der Waals surface area contributed by atoms with Gasteiger partial charge in [0.2, 0.25) is 0 Å². The van der Waals surface area contributed by atoms with E-state index in [1.165, 1.54) is 18.5 Å². The number of ether oxygens (including phenoxy) is 1. The standard InChI is InChI=1S/C29H25N9O3S/c1-17-8-9-38-26(17)25(36-28(37-38)18(2)35-29-24(14-31)27(32)33-16-34-29)21-10-20(13-30)11-22(12-21)41-15-19-4-6-23(7-5-19)42(3,39)40/h4-12,16,18H,15H2,1-3H3,(H3,32,33,34,35)/t18-/m0/s1. The second-order valence-corrected chi connectivity index (χ2v) is 11.6. The number of hydrogen-bond donors (Lipinski definition) is 2. The number of nitrogen functional groups attached to an aromatic ring is 1. The third-order valence-electron chi connectivity index (χ3n) is 6.52. The summed E-state index contributed by atoms with van der Waals surface area (Å²) >= 11 is 0. The summed E-state index contributed by atoms with van der Waals surface area (Å²) in [6.07, 6.45) is 4.24. The largest absolute Gasteiger partial charge is 0.489 e. The molecule has 2 aromatic carbocycles. The van der Waals surface area contributed by atoms with E-state index in [-0.39, 0.29) is 28.7 Å². The van der Waals surface area contributed by atoms with Gasteiger partial charge >= 0.3 is 0 Å². The fourth-order valence-corrected chi connectivity index (χ4v) is 4.98. The normalized spacial score (nSPS) is 11.9. The topological polar surface area (TPSA) is 185 Å².